The summed E-state index contributed by atoms with van der Waals surface area (Å²) in [5.74, 6) is 0. The first-order chi connectivity index (χ1) is 5.02. The molecule has 0 saturated heterocycles. The Bertz CT molecular complexity index is 254. The summed E-state index contributed by atoms with van der Waals surface area (Å²) >= 11 is -3.48. The average Bonchev–Trinajstić information content (AvgIpc) is 1.86. The summed E-state index contributed by atoms with van der Waals surface area (Å²) in [5.41, 5.74) is 1.09. The minimum absolute atomic E-state index is 0.963. The van der Waals surface area contributed by atoms with Crippen LogP contribution in [0.1, 0.15) is 5.56 Å². The van der Waals surface area contributed by atoms with Gasteiger partial charge in [-0.3, -0.25) is 0 Å². The molecule has 0 saturated carbocycles. The van der Waals surface area contributed by atoms with Crippen LogP contribution in [0.25, 0.3) is 0 Å². The molecule has 4 heteroatoms. The standard InChI is InChI=1S/C7H7.3ClH.Hf/c1-7-5-3-2-4-6-7;;;;/h2-5H,1H3;3*1H;/q;;;;+3/p-3. The van der Waals surface area contributed by atoms with Crippen molar-refractivity contribution in [3.8, 4) is 0 Å². The van der Waals surface area contributed by atoms with Gasteiger partial charge in [0.05, 0.1) is 0 Å². The van der Waals surface area contributed by atoms with Crippen molar-refractivity contribution in [2.24, 2.45) is 0 Å². The summed E-state index contributed by atoms with van der Waals surface area (Å²) in [6.45, 7) is 1.97. The molecule has 0 unspecified atom stereocenters. The molecule has 1 rings (SSSR count). The van der Waals surface area contributed by atoms with Crippen LogP contribution in [-0.4, -0.2) is 0 Å². The Morgan fingerprint density at radius 1 is 1.09 bits per heavy atom. The molecule has 0 atom stereocenters. The summed E-state index contributed by atoms with van der Waals surface area (Å²) in [6.07, 6.45) is 0. The zero-order valence-electron chi connectivity index (χ0n) is 5.94. The van der Waals surface area contributed by atoms with Gasteiger partial charge in [0, 0.05) is 0 Å². The molecule has 60 valence electrons. The summed E-state index contributed by atoms with van der Waals surface area (Å²) in [7, 11) is 17.8. The molecule has 0 fully saturated rings. The van der Waals surface area contributed by atoms with E-state index in [0.717, 1.165) is 8.88 Å². The molecule has 0 aliphatic heterocycles. The molecule has 0 bridgehead atoms. The van der Waals surface area contributed by atoms with E-state index in [9.17, 15) is 0 Å². The van der Waals surface area contributed by atoms with Gasteiger partial charge in [-0.2, -0.15) is 0 Å². The molecule has 0 aliphatic rings. The average molecular weight is 376 g/mol. The van der Waals surface area contributed by atoms with E-state index < -0.39 is 16.4 Å². The number of benzene rings is 1. The summed E-state index contributed by atoms with van der Waals surface area (Å²) in [5, 5.41) is 0. The zero-order valence-corrected chi connectivity index (χ0v) is 11.8. The third-order valence-corrected chi connectivity index (χ3v) is 10.7. The molecule has 1 aromatic rings. The molecule has 0 aromatic heterocycles. The van der Waals surface area contributed by atoms with E-state index in [-0.39, 0.29) is 0 Å². The Morgan fingerprint density at radius 2 is 1.64 bits per heavy atom. The van der Waals surface area contributed by atoms with Crippen molar-refractivity contribution in [2.75, 3.05) is 0 Å². The van der Waals surface area contributed by atoms with Gasteiger partial charge in [-0.1, -0.05) is 0 Å². The topological polar surface area (TPSA) is 0 Å². The van der Waals surface area contributed by atoms with Gasteiger partial charge < -0.3 is 0 Å². The first kappa shape index (κ1) is 10.0. The molecular weight excluding hydrogens is 369 g/mol. The monoisotopic (exact) mass is 376 g/mol. The van der Waals surface area contributed by atoms with Gasteiger partial charge in [-0.25, -0.2) is 0 Å². The second kappa shape index (κ2) is 3.78. The van der Waals surface area contributed by atoms with Gasteiger partial charge in [-0.15, -0.1) is 0 Å². The van der Waals surface area contributed by atoms with Crippen molar-refractivity contribution in [3.63, 3.8) is 0 Å². The molecular formula is C7H7Cl3Hf. The van der Waals surface area contributed by atoms with Gasteiger partial charge in [0.15, 0.2) is 0 Å². The van der Waals surface area contributed by atoms with E-state index in [0.29, 0.717) is 0 Å². The first-order valence-corrected chi connectivity index (χ1v) is 18.3. The van der Waals surface area contributed by atoms with Crippen LogP contribution in [0.2, 0.25) is 0 Å². The van der Waals surface area contributed by atoms with Crippen molar-refractivity contribution in [1.82, 2.24) is 0 Å². The predicted octanol–water partition coefficient (Wildman–Crippen LogP) is 3.24. The fourth-order valence-electron chi connectivity index (χ4n) is 0.891. The van der Waals surface area contributed by atoms with Crippen LogP contribution in [0, 0.1) is 6.92 Å². The van der Waals surface area contributed by atoms with E-state index in [4.69, 9.17) is 25.7 Å². The van der Waals surface area contributed by atoms with Gasteiger partial charge in [0.25, 0.3) is 0 Å². The zero-order chi connectivity index (χ0) is 8.48. The fraction of sp³-hybridized carbons (Fsp3) is 0.143. The Hall–Kier alpha value is 0.960. The van der Waals surface area contributed by atoms with E-state index in [1.807, 2.05) is 31.2 Å². The SMILES string of the molecule is Cc1cccc[c]1[Hf]([Cl])([Cl])[Cl]. The second-order valence-electron chi connectivity index (χ2n) is 2.31. The predicted molar refractivity (Wildman–Crippen MR) is 48.4 cm³/mol. The number of rotatable bonds is 1. The Labute approximate surface area is 81.5 Å². The molecule has 0 nitrogen and oxygen atoms in total. The summed E-state index contributed by atoms with van der Waals surface area (Å²) in [4.78, 5) is 0. The van der Waals surface area contributed by atoms with Crippen LogP contribution in [0.15, 0.2) is 24.3 Å². The Balaban J connectivity index is 3.14. The first-order valence-electron chi connectivity index (χ1n) is 3.14. The molecule has 1 aromatic carbocycles. The van der Waals surface area contributed by atoms with Crippen molar-refractivity contribution in [2.45, 2.75) is 6.92 Å². The van der Waals surface area contributed by atoms with Gasteiger partial charge in [0.1, 0.15) is 0 Å². The van der Waals surface area contributed by atoms with Gasteiger partial charge in [-0.05, 0) is 0 Å². The maximum absolute atomic E-state index is 5.92. The van der Waals surface area contributed by atoms with Crippen LogP contribution < -0.4 is 3.32 Å². The number of halogens is 3. The minimum atomic E-state index is -3.48. The van der Waals surface area contributed by atoms with Crippen LogP contribution in [0.5, 0.6) is 0 Å². The summed E-state index contributed by atoms with van der Waals surface area (Å²) in [6, 6.07) is 7.73. The fourth-order valence-corrected chi connectivity index (χ4v) is 9.03. The molecule has 0 amide bonds. The number of hydrogen-bond acceptors (Lipinski definition) is 0. The Kier molecular flexibility index (Phi) is 3.45. The molecule has 0 radical (unpaired) electrons. The van der Waals surface area contributed by atoms with E-state index in [1.165, 1.54) is 0 Å². The van der Waals surface area contributed by atoms with Crippen molar-refractivity contribution in [3.05, 3.63) is 29.8 Å². The number of aryl methyl sites for hydroxylation is 1. The molecule has 11 heavy (non-hydrogen) atoms. The molecule has 0 aliphatic carbocycles. The van der Waals surface area contributed by atoms with E-state index >= 15 is 0 Å². The van der Waals surface area contributed by atoms with Crippen molar-refractivity contribution < 1.29 is 16.4 Å². The van der Waals surface area contributed by atoms with E-state index in [2.05, 4.69) is 0 Å². The Morgan fingerprint density at radius 3 is 2.00 bits per heavy atom. The van der Waals surface area contributed by atoms with Crippen LogP contribution in [0.3, 0.4) is 0 Å². The molecule has 0 heterocycles. The van der Waals surface area contributed by atoms with Crippen molar-refractivity contribution in [1.29, 1.82) is 0 Å². The van der Waals surface area contributed by atoms with Crippen LogP contribution >= 0.6 is 25.7 Å². The second-order valence-corrected chi connectivity index (χ2v) is 26.5. The van der Waals surface area contributed by atoms with E-state index in [1.54, 1.807) is 0 Å². The maximum atomic E-state index is 5.92. The normalized spacial score (nSPS) is 11.6. The molecule has 0 spiro atoms. The van der Waals surface area contributed by atoms with Gasteiger partial charge >= 0.3 is 82.2 Å². The number of hydrogen-bond donors (Lipinski definition) is 0. The van der Waals surface area contributed by atoms with Crippen LogP contribution in [-0.2, 0) is 16.4 Å². The molecule has 0 N–H and O–H groups in total. The third kappa shape index (κ3) is 2.73. The van der Waals surface area contributed by atoms with Gasteiger partial charge in [0.2, 0.25) is 0 Å². The van der Waals surface area contributed by atoms with Crippen LogP contribution in [0.4, 0.5) is 0 Å². The quantitative estimate of drug-likeness (QED) is 0.661. The van der Waals surface area contributed by atoms with Crippen molar-refractivity contribution >= 4 is 29.1 Å². The third-order valence-electron chi connectivity index (χ3n) is 1.45. The summed E-state index contributed by atoms with van der Waals surface area (Å²) < 4.78 is 0.963.